The van der Waals surface area contributed by atoms with Gasteiger partial charge in [-0.25, -0.2) is 4.79 Å². The summed E-state index contributed by atoms with van der Waals surface area (Å²) in [5.74, 6) is 0. The quantitative estimate of drug-likeness (QED) is 0.859. The zero-order valence-corrected chi connectivity index (χ0v) is 15.2. The lowest BCUT2D eigenvalue weighted by atomic mass is 9.97. The Hall–Kier alpha value is -0.620. The molecule has 2 fully saturated rings. The van der Waals surface area contributed by atoms with Gasteiger partial charge in [0.25, 0.3) is 0 Å². The number of nitrogens with one attached hydrogen (secondary N) is 1. The van der Waals surface area contributed by atoms with Crippen LogP contribution in [0.15, 0.2) is 0 Å². The second-order valence-corrected chi connectivity index (χ2v) is 9.46. The van der Waals surface area contributed by atoms with E-state index in [2.05, 4.69) is 5.32 Å². The molecular weight excluding hydrogens is 300 g/mol. The van der Waals surface area contributed by atoms with Gasteiger partial charge in [0.05, 0.1) is 0 Å². The molecule has 2 aliphatic rings. The first-order chi connectivity index (χ1) is 10.2. The lowest BCUT2D eigenvalue weighted by molar-refractivity contribution is 0.00477. The molecule has 2 rings (SSSR count). The zero-order chi connectivity index (χ0) is 16.5. The summed E-state index contributed by atoms with van der Waals surface area (Å²) in [5.41, 5.74) is -0.438. The van der Waals surface area contributed by atoms with E-state index in [1.165, 1.54) is 0 Å². The van der Waals surface area contributed by atoms with Crippen molar-refractivity contribution in [2.75, 3.05) is 12.8 Å². The van der Waals surface area contributed by atoms with Crippen LogP contribution in [0.3, 0.4) is 0 Å². The number of hydrogen-bond acceptors (Lipinski definition) is 4. The van der Waals surface area contributed by atoms with Crippen LogP contribution in [-0.4, -0.2) is 57.0 Å². The zero-order valence-electron chi connectivity index (χ0n) is 14.4. The largest absolute Gasteiger partial charge is 0.444 e. The van der Waals surface area contributed by atoms with Gasteiger partial charge >= 0.3 is 6.09 Å². The Morgan fingerprint density at radius 1 is 1.32 bits per heavy atom. The molecule has 0 saturated carbocycles. The van der Waals surface area contributed by atoms with Crippen molar-refractivity contribution in [3.8, 4) is 0 Å². The highest BCUT2D eigenvalue weighted by Gasteiger charge is 2.44. The van der Waals surface area contributed by atoms with E-state index < -0.39 is 16.4 Å². The van der Waals surface area contributed by atoms with Crippen molar-refractivity contribution in [1.82, 2.24) is 10.2 Å². The summed E-state index contributed by atoms with van der Waals surface area (Å²) in [6.07, 6.45) is 5.66. The van der Waals surface area contributed by atoms with Gasteiger partial charge in [0.1, 0.15) is 5.60 Å². The number of ether oxygens (including phenoxy) is 1. The number of carbonyl (C=O) groups is 1. The van der Waals surface area contributed by atoms with Crippen LogP contribution in [0, 0.1) is 0 Å². The molecule has 0 aromatic heterocycles. The molecular formula is C16H30N2O3S. The maximum Gasteiger partial charge on any atom is 0.410 e. The van der Waals surface area contributed by atoms with Crippen molar-refractivity contribution in [3.63, 3.8) is 0 Å². The molecule has 4 unspecified atom stereocenters. The number of fused-ring (bicyclic) bond motifs is 2. The molecule has 0 spiro atoms. The summed E-state index contributed by atoms with van der Waals surface area (Å²) in [4.78, 5) is 14.3. The van der Waals surface area contributed by atoms with E-state index in [4.69, 9.17) is 4.74 Å². The molecule has 0 aromatic rings. The Morgan fingerprint density at radius 3 is 2.32 bits per heavy atom. The predicted octanol–water partition coefficient (Wildman–Crippen LogP) is 2.27. The van der Waals surface area contributed by atoms with Crippen molar-refractivity contribution < 1.29 is 13.7 Å². The second kappa shape index (κ2) is 6.87. The van der Waals surface area contributed by atoms with Gasteiger partial charge in [-0.05, 0) is 53.4 Å². The van der Waals surface area contributed by atoms with E-state index in [-0.39, 0.29) is 23.4 Å². The third-order valence-corrected chi connectivity index (χ3v) is 5.90. The highest BCUT2D eigenvalue weighted by molar-refractivity contribution is 7.84. The monoisotopic (exact) mass is 330 g/mol. The van der Waals surface area contributed by atoms with Crippen LogP contribution in [-0.2, 0) is 15.5 Å². The minimum absolute atomic E-state index is 0.165. The molecule has 1 amide bonds. The van der Waals surface area contributed by atoms with Crippen LogP contribution in [0.2, 0.25) is 0 Å². The molecule has 0 aromatic carbocycles. The number of nitrogens with zero attached hydrogens (tertiary/aromatic N) is 1. The first-order valence-corrected chi connectivity index (χ1v) is 9.86. The van der Waals surface area contributed by atoms with Gasteiger partial charge in [-0.2, -0.15) is 0 Å². The Bertz CT molecular complexity index is 422. The average molecular weight is 330 g/mol. The molecule has 2 saturated heterocycles. The van der Waals surface area contributed by atoms with Crippen LogP contribution >= 0.6 is 0 Å². The number of rotatable bonds is 4. The number of piperidine rings is 1. The van der Waals surface area contributed by atoms with Crippen LogP contribution in [0.5, 0.6) is 0 Å². The Balaban J connectivity index is 1.89. The van der Waals surface area contributed by atoms with Gasteiger partial charge in [-0.15, -0.1) is 0 Å². The normalized spacial score (nSPS) is 31.0. The Morgan fingerprint density at radius 2 is 1.86 bits per heavy atom. The van der Waals surface area contributed by atoms with Gasteiger partial charge in [-0.1, -0.05) is 0 Å². The van der Waals surface area contributed by atoms with E-state index in [9.17, 15) is 9.00 Å². The van der Waals surface area contributed by atoms with Crippen LogP contribution in [0.4, 0.5) is 4.79 Å². The minimum atomic E-state index is -0.789. The van der Waals surface area contributed by atoms with E-state index in [0.717, 1.165) is 32.2 Å². The first-order valence-electron chi connectivity index (χ1n) is 8.24. The third kappa shape index (κ3) is 4.44. The van der Waals surface area contributed by atoms with E-state index >= 15 is 0 Å². The molecule has 128 valence electrons. The fourth-order valence-electron chi connectivity index (χ4n) is 3.41. The van der Waals surface area contributed by atoms with Crippen LogP contribution in [0.25, 0.3) is 0 Å². The molecule has 0 aliphatic carbocycles. The third-order valence-electron chi connectivity index (χ3n) is 4.60. The highest BCUT2D eigenvalue weighted by atomic mass is 32.2. The first kappa shape index (κ1) is 17.7. The van der Waals surface area contributed by atoms with Crippen molar-refractivity contribution >= 4 is 16.9 Å². The molecule has 1 N–H and O–H groups in total. The molecule has 0 radical (unpaired) electrons. The van der Waals surface area contributed by atoms with Gasteiger partial charge in [-0.3, -0.25) is 4.21 Å². The van der Waals surface area contributed by atoms with Crippen molar-refractivity contribution in [2.45, 2.75) is 82.4 Å². The van der Waals surface area contributed by atoms with Gasteiger partial charge < -0.3 is 15.0 Å². The van der Waals surface area contributed by atoms with Gasteiger partial charge in [0, 0.05) is 47.0 Å². The Kier molecular flexibility index (Phi) is 5.54. The maximum atomic E-state index is 12.4. The molecule has 5 nitrogen and oxygen atoms in total. The summed E-state index contributed by atoms with van der Waals surface area (Å²) < 4.78 is 17.0. The van der Waals surface area contributed by atoms with Gasteiger partial charge in [0.15, 0.2) is 0 Å². The fraction of sp³-hybridized carbons (Fsp3) is 0.938. The maximum absolute atomic E-state index is 12.4. The lowest BCUT2D eigenvalue weighted by Gasteiger charge is -2.40. The SMILES string of the molecule is CC(CNC1CC2CCC(C1)N2C(=O)OC(C)(C)C)S(C)=O. The molecule has 22 heavy (non-hydrogen) atoms. The second-order valence-electron chi connectivity index (χ2n) is 7.66. The molecule has 4 atom stereocenters. The van der Waals surface area contributed by atoms with E-state index in [1.54, 1.807) is 6.26 Å². The smallest absolute Gasteiger partial charge is 0.410 e. The van der Waals surface area contributed by atoms with Crippen LogP contribution in [0.1, 0.15) is 53.4 Å². The molecule has 2 bridgehead atoms. The predicted molar refractivity (Wildman–Crippen MR) is 89.4 cm³/mol. The Labute approximate surface area is 136 Å². The van der Waals surface area contributed by atoms with E-state index in [1.807, 2.05) is 32.6 Å². The van der Waals surface area contributed by atoms with Crippen molar-refractivity contribution in [3.05, 3.63) is 0 Å². The van der Waals surface area contributed by atoms with Crippen molar-refractivity contribution in [1.29, 1.82) is 0 Å². The number of amides is 1. The fourth-order valence-corrected chi connectivity index (χ4v) is 3.74. The minimum Gasteiger partial charge on any atom is -0.444 e. The summed E-state index contributed by atoms with van der Waals surface area (Å²) in [6.45, 7) is 8.52. The summed E-state index contributed by atoms with van der Waals surface area (Å²) >= 11 is 0. The number of carbonyl (C=O) groups excluding carboxylic acids is 1. The van der Waals surface area contributed by atoms with E-state index in [0.29, 0.717) is 6.04 Å². The summed E-state index contributed by atoms with van der Waals surface area (Å²) in [5, 5.41) is 3.71. The van der Waals surface area contributed by atoms with Gasteiger partial charge in [0.2, 0.25) is 0 Å². The molecule has 2 aliphatic heterocycles. The topological polar surface area (TPSA) is 58.6 Å². The molecule has 2 heterocycles. The lowest BCUT2D eigenvalue weighted by Crippen LogP contribution is -2.53. The standard InChI is InChI=1S/C16H30N2O3S/c1-11(22(5)20)10-17-12-8-13-6-7-14(9-12)18(13)15(19)21-16(2,3)4/h11-14,17H,6-10H2,1-5H3. The highest BCUT2D eigenvalue weighted by Crippen LogP contribution is 2.36. The summed E-state index contributed by atoms with van der Waals surface area (Å²) in [7, 11) is -0.789. The molecule has 6 heteroatoms. The number of hydrogen-bond donors (Lipinski definition) is 1. The van der Waals surface area contributed by atoms with Crippen molar-refractivity contribution in [2.24, 2.45) is 0 Å². The van der Waals surface area contributed by atoms with Crippen LogP contribution < -0.4 is 5.32 Å². The average Bonchev–Trinajstić information content (AvgIpc) is 2.65. The summed E-state index contributed by atoms with van der Waals surface area (Å²) in [6, 6.07) is 0.990.